The molecule has 0 amide bonds. The van der Waals surface area contributed by atoms with Crippen LogP contribution >= 0.6 is 0 Å². The smallest absolute Gasteiger partial charge is 0.264 e. The van der Waals surface area contributed by atoms with Crippen molar-refractivity contribution in [3.63, 3.8) is 0 Å². The van der Waals surface area contributed by atoms with Gasteiger partial charge in [-0.15, -0.1) is 0 Å². The molecule has 0 unspecified atom stereocenters. The van der Waals surface area contributed by atoms with E-state index in [1.165, 1.54) is 16.5 Å². The van der Waals surface area contributed by atoms with Gasteiger partial charge in [0.2, 0.25) is 5.88 Å². The van der Waals surface area contributed by atoms with E-state index < -0.39 is 10.4 Å². The van der Waals surface area contributed by atoms with Gasteiger partial charge >= 0.3 is 0 Å². The van der Waals surface area contributed by atoms with Gasteiger partial charge in [0.1, 0.15) is 11.4 Å². The third-order valence-corrected chi connectivity index (χ3v) is 5.83. The summed E-state index contributed by atoms with van der Waals surface area (Å²) in [6.07, 6.45) is 2.26. The summed E-state index contributed by atoms with van der Waals surface area (Å²) in [4.78, 5) is 9.48. The van der Waals surface area contributed by atoms with Crippen LogP contribution in [0.5, 0.6) is 11.6 Å². The summed E-state index contributed by atoms with van der Waals surface area (Å²) in [5.74, 6) is -0.0656. The van der Waals surface area contributed by atoms with Gasteiger partial charge in [0.15, 0.2) is 5.65 Å². The molecule has 5 aromatic rings. The molecule has 0 spiro atoms. The standard InChI is InChI=1S/C26H21N3O5S/c30-21-13-11-20(12-14-21)24-17-29-25(22(27-24)15-18-7-3-1-4-8-18)28-23(26(29)34-35(31,32)33)16-19-9-5-2-6-10-19/h1-14,17,30H,15-16H2,(H,31,32,33)/p-1. The lowest BCUT2D eigenvalue weighted by atomic mass is 10.1. The Morgan fingerprint density at radius 3 is 1.94 bits per heavy atom. The highest BCUT2D eigenvalue weighted by atomic mass is 32.3. The van der Waals surface area contributed by atoms with E-state index in [4.69, 9.17) is 9.17 Å². The monoisotopic (exact) mass is 486 g/mol. The summed E-state index contributed by atoms with van der Waals surface area (Å²) in [6.45, 7) is 0. The molecule has 2 aromatic heterocycles. The molecule has 3 aromatic carbocycles. The number of hydrogen-bond acceptors (Lipinski definition) is 7. The van der Waals surface area contributed by atoms with Crippen molar-refractivity contribution in [3.05, 3.63) is 114 Å². The first-order valence-corrected chi connectivity index (χ1v) is 12.1. The number of aromatic nitrogens is 3. The fourth-order valence-corrected chi connectivity index (χ4v) is 4.27. The lowest BCUT2D eigenvalue weighted by molar-refractivity contribution is 0.364. The lowest BCUT2D eigenvalue weighted by Crippen LogP contribution is -2.11. The highest BCUT2D eigenvalue weighted by molar-refractivity contribution is 7.81. The highest BCUT2D eigenvalue weighted by Crippen LogP contribution is 2.30. The summed E-state index contributed by atoms with van der Waals surface area (Å²) in [5.41, 5.74) is 4.31. The van der Waals surface area contributed by atoms with E-state index in [0.29, 0.717) is 34.7 Å². The average molecular weight is 487 g/mol. The Labute approximate surface area is 202 Å². The van der Waals surface area contributed by atoms with Gasteiger partial charge in [-0.1, -0.05) is 60.7 Å². The summed E-state index contributed by atoms with van der Waals surface area (Å²) in [5, 5.41) is 9.68. The minimum absolute atomic E-state index is 0.105. The molecule has 0 saturated carbocycles. The maximum Gasteiger partial charge on any atom is 0.264 e. The molecule has 0 aliphatic heterocycles. The molecule has 9 heteroatoms. The predicted molar refractivity (Wildman–Crippen MR) is 129 cm³/mol. The number of rotatable bonds is 7. The molecule has 0 aliphatic rings. The number of fused-ring (bicyclic) bond motifs is 1. The normalized spacial score (nSPS) is 11.6. The van der Waals surface area contributed by atoms with Crippen molar-refractivity contribution >= 4 is 16.0 Å². The quantitative estimate of drug-likeness (QED) is 0.272. The van der Waals surface area contributed by atoms with Gasteiger partial charge in [-0.3, -0.25) is 4.40 Å². The molecule has 8 nitrogen and oxygen atoms in total. The van der Waals surface area contributed by atoms with E-state index in [1.807, 2.05) is 60.7 Å². The van der Waals surface area contributed by atoms with E-state index in [9.17, 15) is 18.1 Å². The average Bonchev–Trinajstić information content (AvgIpc) is 3.16. The highest BCUT2D eigenvalue weighted by Gasteiger charge is 2.21. The number of imidazole rings is 1. The fraction of sp³-hybridized carbons (Fsp3) is 0.0769. The molecule has 1 N–H and O–H groups in total. The molecule has 35 heavy (non-hydrogen) atoms. The molecule has 5 rings (SSSR count). The topological polar surface area (TPSA) is 117 Å². The second kappa shape index (κ2) is 9.21. The predicted octanol–water partition coefficient (Wildman–Crippen LogP) is 4.12. The molecule has 0 aliphatic carbocycles. The van der Waals surface area contributed by atoms with Crippen molar-refractivity contribution in [2.45, 2.75) is 12.8 Å². The molecule has 0 saturated heterocycles. The molecule has 2 heterocycles. The van der Waals surface area contributed by atoms with Crippen molar-refractivity contribution in [2.75, 3.05) is 0 Å². The zero-order valence-electron chi connectivity index (χ0n) is 18.4. The fourth-order valence-electron chi connectivity index (χ4n) is 3.90. The number of benzene rings is 3. The van der Waals surface area contributed by atoms with Crippen LogP contribution in [-0.4, -0.2) is 32.4 Å². The first kappa shape index (κ1) is 22.6. The van der Waals surface area contributed by atoms with Gasteiger partial charge in [-0.25, -0.2) is 18.4 Å². The Balaban J connectivity index is 1.73. The SMILES string of the molecule is O=S(=O)([O-])Oc1c(Cc2ccccc2)nc2c(Cc3ccccc3)nc(-c3ccc(O)cc3)cn12. The van der Waals surface area contributed by atoms with Crippen molar-refractivity contribution in [2.24, 2.45) is 0 Å². The third-order valence-electron chi connectivity index (χ3n) is 5.47. The Hall–Kier alpha value is -4.21. The summed E-state index contributed by atoms with van der Waals surface area (Å²) in [7, 11) is -5.07. The number of hydrogen-bond donors (Lipinski definition) is 1. The van der Waals surface area contributed by atoms with Crippen LogP contribution in [0.2, 0.25) is 0 Å². The molecule has 0 fully saturated rings. The van der Waals surface area contributed by atoms with Crippen LogP contribution in [0.3, 0.4) is 0 Å². The van der Waals surface area contributed by atoms with E-state index in [1.54, 1.807) is 18.3 Å². The van der Waals surface area contributed by atoms with Crippen LogP contribution in [-0.2, 0) is 23.2 Å². The largest absolute Gasteiger partial charge is 0.716 e. The second-order valence-electron chi connectivity index (χ2n) is 7.99. The van der Waals surface area contributed by atoms with Crippen LogP contribution < -0.4 is 4.18 Å². The number of phenols is 1. The Kier molecular flexibility index (Phi) is 5.94. The van der Waals surface area contributed by atoms with Crippen molar-refractivity contribution < 1.29 is 22.3 Å². The van der Waals surface area contributed by atoms with Crippen molar-refractivity contribution in [3.8, 4) is 22.9 Å². The van der Waals surface area contributed by atoms with Crippen LogP contribution in [0, 0.1) is 0 Å². The number of nitrogens with zero attached hydrogens (tertiary/aromatic N) is 3. The Morgan fingerprint density at radius 1 is 0.800 bits per heavy atom. The Bertz CT molecular complexity index is 1580. The maximum absolute atomic E-state index is 11.7. The van der Waals surface area contributed by atoms with E-state index in [2.05, 4.69) is 4.98 Å². The van der Waals surface area contributed by atoms with E-state index >= 15 is 0 Å². The molecule has 0 atom stereocenters. The van der Waals surface area contributed by atoms with Gasteiger partial charge in [0, 0.05) is 24.6 Å². The first-order valence-electron chi connectivity index (χ1n) is 10.8. The lowest BCUT2D eigenvalue weighted by Gasteiger charge is -2.12. The minimum Gasteiger partial charge on any atom is -0.716 e. The van der Waals surface area contributed by atoms with Gasteiger partial charge in [-0.2, -0.15) is 0 Å². The number of phenolic OH excluding ortho intramolecular Hbond substituents is 1. The summed E-state index contributed by atoms with van der Waals surface area (Å²) in [6, 6.07) is 25.5. The first-order chi connectivity index (χ1) is 16.9. The van der Waals surface area contributed by atoms with Crippen molar-refractivity contribution in [1.29, 1.82) is 0 Å². The summed E-state index contributed by atoms with van der Waals surface area (Å²) < 4.78 is 41.3. The Morgan fingerprint density at radius 2 is 1.37 bits per heavy atom. The van der Waals surface area contributed by atoms with Gasteiger partial charge in [0.25, 0.3) is 10.4 Å². The molecular weight excluding hydrogens is 466 g/mol. The third kappa shape index (κ3) is 5.16. The van der Waals surface area contributed by atoms with Gasteiger partial charge < -0.3 is 13.8 Å². The number of aromatic hydroxyl groups is 1. The second-order valence-corrected chi connectivity index (χ2v) is 8.98. The molecular formula is C26H20N3O5S-. The molecule has 0 bridgehead atoms. The van der Waals surface area contributed by atoms with Gasteiger partial charge in [-0.05, 0) is 35.4 Å². The van der Waals surface area contributed by atoms with Crippen LogP contribution in [0.4, 0.5) is 0 Å². The van der Waals surface area contributed by atoms with E-state index in [0.717, 1.165) is 11.1 Å². The van der Waals surface area contributed by atoms with Crippen LogP contribution in [0.15, 0.2) is 91.1 Å². The zero-order chi connectivity index (χ0) is 24.4. The van der Waals surface area contributed by atoms with Gasteiger partial charge in [0.05, 0.1) is 11.4 Å². The van der Waals surface area contributed by atoms with Crippen LogP contribution in [0.1, 0.15) is 22.5 Å². The zero-order valence-corrected chi connectivity index (χ0v) is 19.2. The molecule has 0 radical (unpaired) electrons. The minimum atomic E-state index is -5.07. The van der Waals surface area contributed by atoms with E-state index in [-0.39, 0.29) is 18.1 Å². The molecule has 176 valence electrons. The maximum atomic E-state index is 11.7. The van der Waals surface area contributed by atoms with Crippen LogP contribution in [0.25, 0.3) is 16.9 Å². The summed E-state index contributed by atoms with van der Waals surface area (Å²) >= 11 is 0. The van der Waals surface area contributed by atoms with Crippen molar-refractivity contribution in [1.82, 2.24) is 14.4 Å².